The van der Waals surface area contributed by atoms with Crippen LogP contribution in [0.4, 0.5) is 0 Å². The van der Waals surface area contributed by atoms with Crippen LogP contribution in [0.15, 0.2) is 30.3 Å². The number of ether oxygens (including phenoxy) is 1. The Balaban J connectivity index is 2.38. The highest BCUT2D eigenvalue weighted by molar-refractivity contribution is 5.86. The van der Waals surface area contributed by atoms with Crippen molar-refractivity contribution in [3.8, 4) is 0 Å². The van der Waals surface area contributed by atoms with Crippen molar-refractivity contribution in [3.05, 3.63) is 35.9 Å². The summed E-state index contributed by atoms with van der Waals surface area (Å²) in [6, 6.07) is 8.59. The van der Waals surface area contributed by atoms with Crippen LogP contribution in [0.1, 0.15) is 32.8 Å². The average Bonchev–Trinajstić information content (AvgIpc) is 2.34. The number of carbonyl (C=O) groups excluding carboxylic acids is 2. The zero-order valence-corrected chi connectivity index (χ0v) is 12.2. The standard InChI is InChI=1S/C15H22N2O3/c1-15(2,3)20-13(18)9-12(16)14(19)17-10-11-7-5-4-6-8-11/h4-8,12H,9-10,16H2,1-3H3,(H,17,19)/t12-/m0/s1. The van der Waals surface area contributed by atoms with Gasteiger partial charge in [0.25, 0.3) is 0 Å². The molecule has 0 saturated carbocycles. The first-order valence-corrected chi connectivity index (χ1v) is 6.57. The third kappa shape index (κ3) is 6.33. The lowest BCUT2D eigenvalue weighted by molar-refractivity contribution is -0.156. The van der Waals surface area contributed by atoms with Crippen LogP contribution in [-0.2, 0) is 20.9 Å². The fourth-order valence-corrected chi connectivity index (χ4v) is 1.57. The molecule has 1 amide bonds. The largest absolute Gasteiger partial charge is 0.460 e. The van der Waals surface area contributed by atoms with E-state index in [-0.39, 0.29) is 12.3 Å². The third-order valence-corrected chi connectivity index (χ3v) is 2.45. The van der Waals surface area contributed by atoms with Gasteiger partial charge in [-0.15, -0.1) is 0 Å². The normalized spacial score (nSPS) is 12.6. The summed E-state index contributed by atoms with van der Waals surface area (Å²) in [6.07, 6.45) is -0.127. The molecule has 0 aliphatic heterocycles. The summed E-state index contributed by atoms with van der Waals surface area (Å²) < 4.78 is 5.12. The summed E-state index contributed by atoms with van der Waals surface area (Å²) in [7, 11) is 0. The van der Waals surface area contributed by atoms with Gasteiger partial charge < -0.3 is 15.8 Å². The second-order valence-corrected chi connectivity index (χ2v) is 5.60. The molecule has 1 aromatic carbocycles. The number of esters is 1. The van der Waals surface area contributed by atoms with Crippen LogP contribution in [0.5, 0.6) is 0 Å². The van der Waals surface area contributed by atoms with Gasteiger partial charge in [-0.1, -0.05) is 30.3 Å². The molecule has 1 aromatic rings. The number of hydrogen-bond acceptors (Lipinski definition) is 4. The van der Waals surface area contributed by atoms with E-state index in [0.29, 0.717) is 6.54 Å². The van der Waals surface area contributed by atoms with Gasteiger partial charge in [-0.05, 0) is 26.3 Å². The molecule has 0 aliphatic rings. The molecule has 5 heteroatoms. The molecule has 110 valence electrons. The van der Waals surface area contributed by atoms with Gasteiger partial charge in [0.15, 0.2) is 0 Å². The summed E-state index contributed by atoms with van der Waals surface area (Å²) in [5.74, 6) is -0.834. The van der Waals surface area contributed by atoms with Crippen LogP contribution in [0, 0.1) is 0 Å². The molecular formula is C15H22N2O3. The molecule has 0 fully saturated rings. The van der Waals surface area contributed by atoms with Gasteiger partial charge in [-0.25, -0.2) is 0 Å². The zero-order valence-electron chi connectivity index (χ0n) is 12.2. The highest BCUT2D eigenvalue weighted by atomic mass is 16.6. The second-order valence-electron chi connectivity index (χ2n) is 5.60. The molecule has 0 aliphatic carbocycles. The molecule has 3 N–H and O–H groups in total. The van der Waals surface area contributed by atoms with Gasteiger partial charge >= 0.3 is 5.97 Å². The highest BCUT2D eigenvalue weighted by Gasteiger charge is 2.22. The van der Waals surface area contributed by atoms with Gasteiger partial charge in [0.2, 0.25) is 5.91 Å². The Bertz CT molecular complexity index is 452. The number of carbonyl (C=O) groups is 2. The Hall–Kier alpha value is -1.88. The molecule has 1 atom stereocenters. The van der Waals surface area contributed by atoms with Gasteiger partial charge in [0.05, 0.1) is 12.5 Å². The van der Waals surface area contributed by atoms with Gasteiger partial charge in [0, 0.05) is 6.54 Å². The quantitative estimate of drug-likeness (QED) is 0.797. The van der Waals surface area contributed by atoms with E-state index >= 15 is 0 Å². The van der Waals surface area contributed by atoms with E-state index in [9.17, 15) is 9.59 Å². The molecule has 0 heterocycles. The van der Waals surface area contributed by atoms with E-state index in [1.165, 1.54) is 0 Å². The lowest BCUT2D eigenvalue weighted by Crippen LogP contribution is -2.42. The van der Waals surface area contributed by atoms with Crippen LogP contribution in [0.25, 0.3) is 0 Å². The van der Waals surface area contributed by atoms with Crippen LogP contribution < -0.4 is 11.1 Å². The molecule has 0 aromatic heterocycles. The molecule has 0 spiro atoms. The molecule has 0 radical (unpaired) electrons. The molecule has 1 rings (SSSR count). The van der Waals surface area contributed by atoms with Crippen molar-refractivity contribution < 1.29 is 14.3 Å². The van der Waals surface area contributed by atoms with E-state index in [1.807, 2.05) is 30.3 Å². The van der Waals surface area contributed by atoms with Gasteiger partial charge in [-0.2, -0.15) is 0 Å². The lowest BCUT2D eigenvalue weighted by Gasteiger charge is -2.20. The minimum Gasteiger partial charge on any atom is -0.460 e. The molecule has 0 bridgehead atoms. The van der Waals surface area contributed by atoms with Crippen molar-refractivity contribution in [3.63, 3.8) is 0 Å². The van der Waals surface area contributed by atoms with Crippen LogP contribution in [-0.4, -0.2) is 23.5 Å². The second kappa shape index (κ2) is 7.05. The van der Waals surface area contributed by atoms with E-state index in [4.69, 9.17) is 10.5 Å². The summed E-state index contributed by atoms with van der Waals surface area (Å²) in [5, 5.41) is 2.70. The van der Waals surface area contributed by atoms with Crippen LogP contribution in [0.3, 0.4) is 0 Å². The third-order valence-electron chi connectivity index (χ3n) is 2.45. The van der Waals surface area contributed by atoms with Crippen molar-refractivity contribution in [1.82, 2.24) is 5.32 Å². The summed E-state index contributed by atoms with van der Waals surface area (Å²) in [4.78, 5) is 23.3. The topological polar surface area (TPSA) is 81.4 Å². The number of rotatable bonds is 5. The number of benzene rings is 1. The number of hydrogen-bond donors (Lipinski definition) is 2. The van der Waals surface area contributed by atoms with Crippen molar-refractivity contribution in [1.29, 1.82) is 0 Å². The first-order valence-electron chi connectivity index (χ1n) is 6.57. The average molecular weight is 278 g/mol. The van der Waals surface area contributed by atoms with Crippen LogP contribution in [0.2, 0.25) is 0 Å². The number of nitrogens with two attached hydrogens (primary N) is 1. The maximum atomic E-state index is 11.8. The van der Waals surface area contributed by atoms with Gasteiger partial charge in [0.1, 0.15) is 5.60 Å². The fraction of sp³-hybridized carbons (Fsp3) is 0.467. The lowest BCUT2D eigenvalue weighted by atomic mass is 10.1. The predicted molar refractivity (Wildman–Crippen MR) is 76.7 cm³/mol. The Morgan fingerprint density at radius 3 is 2.40 bits per heavy atom. The Morgan fingerprint density at radius 1 is 1.25 bits per heavy atom. The molecule has 20 heavy (non-hydrogen) atoms. The van der Waals surface area contributed by atoms with E-state index in [0.717, 1.165) is 5.56 Å². The van der Waals surface area contributed by atoms with E-state index in [1.54, 1.807) is 20.8 Å². The summed E-state index contributed by atoms with van der Waals surface area (Å²) in [6.45, 7) is 5.70. The van der Waals surface area contributed by atoms with Crippen molar-refractivity contribution in [2.45, 2.75) is 45.4 Å². The number of nitrogens with one attached hydrogen (secondary N) is 1. The molecule has 0 saturated heterocycles. The minimum absolute atomic E-state index is 0.127. The first kappa shape index (κ1) is 16.2. The fourth-order valence-electron chi connectivity index (χ4n) is 1.57. The van der Waals surface area contributed by atoms with Gasteiger partial charge in [-0.3, -0.25) is 9.59 Å². The Morgan fingerprint density at radius 2 is 1.85 bits per heavy atom. The molecule has 0 unspecified atom stereocenters. The van der Waals surface area contributed by atoms with Crippen molar-refractivity contribution in [2.75, 3.05) is 0 Å². The maximum absolute atomic E-state index is 11.8. The molecular weight excluding hydrogens is 256 g/mol. The minimum atomic E-state index is -0.895. The SMILES string of the molecule is CC(C)(C)OC(=O)C[C@H](N)C(=O)NCc1ccccc1. The summed E-state index contributed by atoms with van der Waals surface area (Å²) in [5.41, 5.74) is 6.09. The Labute approximate surface area is 119 Å². The first-order chi connectivity index (χ1) is 9.28. The van der Waals surface area contributed by atoms with E-state index in [2.05, 4.69) is 5.32 Å². The van der Waals surface area contributed by atoms with E-state index < -0.39 is 17.6 Å². The smallest absolute Gasteiger partial charge is 0.308 e. The van der Waals surface area contributed by atoms with Crippen LogP contribution >= 0.6 is 0 Å². The highest BCUT2D eigenvalue weighted by Crippen LogP contribution is 2.09. The Kier molecular flexibility index (Phi) is 5.70. The van der Waals surface area contributed by atoms with Crippen molar-refractivity contribution >= 4 is 11.9 Å². The number of amides is 1. The zero-order chi connectivity index (χ0) is 15.2. The molecule has 5 nitrogen and oxygen atoms in total. The maximum Gasteiger partial charge on any atom is 0.308 e. The predicted octanol–water partition coefficient (Wildman–Crippen LogP) is 1.36. The summed E-state index contributed by atoms with van der Waals surface area (Å²) >= 11 is 0. The van der Waals surface area contributed by atoms with Crippen molar-refractivity contribution in [2.24, 2.45) is 5.73 Å². The monoisotopic (exact) mass is 278 g/mol.